The summed E-state index contributed by atoms with van der Waals surface area (Å²) in [6.45, 7) is 5.34. The Bertz CT molecular complexity index is 400. The second kappa shape index (κ2) is 5.74. The highest BCUT2D eigenvalue weighted by molar-refractivity contribution is 5.46. The molecule has 0 amide bonds. The topological polar surface area (TPSA) is 88.5 Å². The fourth-order valence-corrected chi connectivity index (χ4v) is 2.09. The molecule has 0 aliphatic carbocycles. The van der Waals surface area contributed by atoms with Gasteiger partial charge in [0, 0.05) is 45.3 Å². The van der Waals surface area contributed by atoms with Crippen molar-refractivity contribution in [2.75, 3.05) is 44.2 Å². The maximum Gasteiger partial charge on any atom is 0.363 e. The molecule has 2 heterocycles. The summed E-state index contributed by atoms with van der Waals surface area (Å²) in [7, 11) is 0. The smallest absolute Gasteiger partial charge is 0.363 e. The molecular formula is C11H17N5O2. The number of pyridine rings is 1. The Kier molecular flexibility index (Phi) is 4.06. The molecule has 0 bridgehead atoms. The third-order valence-corrected chi connectivity index (χ3v) is 3.10. The van der Waals surface area contributed by atoms with Crippen LogP contribution in [0.2, 0.25) is 0 Å². The molecule has 98 valence electrons. The van der Waals surface area contributed by atoms with E-state index in [4.69, 9.17) is 5.73 Å². The van der Waals surface area contributed by atoms with E-state index in [9.17, 15) is 10.1 Å². The van der Waals surface area contributed by atoms with Crippen molar-refractivity contribution >= 4 is 11.5 Å². The van der Waals surface area contributed by atoms with Crippen molar-refractivity contribution in [3.05, 3.63) is 28.4 Å². The first-order valence-electron chi connectivity index (χ1n) is 5.98. The molecule has 1 aromatic heterocycles. The number of nitrogens with zero attached hydrogens (tertiary/aromatic N) is 4. The fraction of sp³-hybridized carbons (Fsp3) is 0.545. The highest BCUT2D eigenvalue weighted by atomic mass is 16.6. The molecule has 0 atom stereocenters. The van der Waals surface area contributed by atoms with E-state index >= 15 is 0 Å². The Morgan fingerprint density at radius 3 is 2.56 bits per heavy atom. The number of nitro groups is 1. The zero-order chi connectivity index (χ0) is 13.0. The van der Waals surface area contributed by atoms with Crippen LogP contribution in [0.1, 0.15) is 0 Å². The summed E-state index contributed by atoms with van der Waals surface area (Å²) in [4.78, 5) is 18.4. The average molecular weight is 251 g/mol. The molecule has 0 radical (unpaired) electrons. The molecule has 7 heteroatoms. The maximum absolute atomic E-state index is 10.5. The molecule has 7 nitrogen and oxygen atoms in total. The molecule has 0 saturated carbocycles. The van der Waals surface area contributed by atoms with E-state index in [1.165, 1.54) is 6.07 Å². The zero-order valence-electron chi connectivity index (χ0n) is 10.2. The molecule has 0 unspecified atom stereocenters. The van der Waals surface area contributed by atoms with E-state index in [2.05, 4.69) is 14.8 Å². The normalized spacial score (nSPS) is 16.8. The minimum absolute atomic E-state index is 0.111. The van der Waals surface area contributed by atoms with Crippen LogP contribution in [0.15, 0.2) is 18.3 Å². The molecule has 1 aliphatic heterocycles. The van der Waals surface area contributed by atoms with Crippen LogP contribution in [0.25, 0.3) is 0 Å². The number of anilines is 1. The van der Waals surface area contributed by atoms with Crippen LogP contribution in [0, 0.1) is 10.1 Å². The highest BCUT2D eigenvalue weighted by Crippen LogP contribution is 2.17. The molecule has 1 saturated heterocycles. The van der Waals surface area contributed by atoms with Gasteiger partial charge in [0.15, 0.2) is 6.20 Å². The minimum Gasteiger partial charge on any atom is -0.366 e. The SMILES string of the molecule is NCCN1CCN(c2ccc([N+](=O)[O-])nc2)CC1. The van der Waals surface area contributed by atoms with Crippen molar-refractivity contribution in [3.8, 4) is 0 Å². The summed E-state index contributed by atoms with van der Waals surface area (Å²) >= 11 is 0. The highest BCUT2D eigenvalue weighted by Gasteiger charge is 2.18. The predicted molar refractivity (Wildman–Crippen MR) is 68.6 cm³/mol. The van der Waals surface area contributed by atoms with Gasteiger partial charge in [-0.3, -0.25) is 4.90 Å². The van der Waals surface area contributed by atoms with E-state index in [1.54, 1.807) is 12.3 Å². The largest absolute Gasteiger partial charge is 0.366 e. The van der Waals surface area contributed by atoms with Crippen LogP contribution in [-0.2, 0) is 0 Å². The van der Waals surface area contributed by atoms with E-state index in [0.717, 1.165) is 38.4 Å². The Hall–Kier alpha value is -1.73. The van der Waals surface area contributed by atoms with E-state index in [1.807, 2.05) is 0 Å². The third-order valence-electron chi connectivity index (χ3n) is 3.10. The fourth-order valence-electron chi connectivity index (χ4n) is 2.09. The number of hydrogen-bond donors (Lipinski definition) is 1. The summed E-state index contributed by atoms with van der Waals surface area (Å²) in [5.41, 5.74) is 6.46. The number of piperazine rings is 1. The van der Waals surface area contributed by atoms with Crippen LogP contribution >= 0.6 is 0 Å². The van der Waals surface area contributed by atoms with Crippen molar-refractivity contribution < 1.29 is 4.92 Å². The van der Waals surface area contributed by atoms with Gasteiger partial charge >= 0.3 is 5.82 Å². The molecule has 18 heavy (non-hydrogen) atoms. The second-order valence-electron chi connectivity index (χ2n) is 4.25. The van der Waals surface area contributed by atoms with Gasteiger partial charge in [0.2, 0.25) is 0 Å². The van der Waals surface area contributed by atoms with Crippen LogP contribution in [-0.4, -0.2) is 54.1 Å². The molecule has 0 spiro atoms. The number of rotatable bonds is 4. The number of aromatic nitrogens is 1. The molecule has 1 aromatic rings. The Morgan fingerprint density at radius 2 is 2.06 bits per heavy atom. The van der Waals surface area contributed by atoms with Crippen LogP contribution < -0.4 is 10.6 Å². The lowest BCUT2D eigenvalue weighted by Crippen LogP contribution is -2.47. The van der Waals surface area contributed by atoms with Gasteiger partial charge in [-0.15, -0.1) is 0 Å². The lowest BCUT2D eigenvalue weighted by atomic mass is 10.2. The van der Waals surface area contributed by atoms with Crippen LogP contribution in [0.4, 0.5) is 11.5 Å². The van der Waals surface area contributed by atoms with Gasteiger partial charge in [-0.05, 0) is 16.0 Å². The summed E-state index contributed by atoms with van der Waals surface area (Å²) < 4.78 is 0. The number of nitrogens with two attached hydrogens (primary N) is 1. The molecular weight excluding hydrogens is 234 g/mol. The quantitative estimate of drug-likeness (QED) is 0.602. The Morgan fingerprint density at radius 1 is 1.33 bits per heavy atom. The zero-order valence-corrected chi connectivity index (χ0v) is 10.2. The monoisotopic (exact) mass is 251 g/mol. The summed E-state index contributed by atoms with van der Waals surface area (Å²) in [5, 5.41) is 10.5. The lowest BCUT2D eigenvalue weighted by Gasteiger charge is -2.35. The molecule has 2 N–H and O–H groups in total. The first kappa shape index (κ1) is 12.7. The molecule has 1 fully saturated rings. The summed E-state index contributed by atoms with van der Waals surface area (Å²) in [6.07, 6.45) is 1.57. The minimum atomic E-state index is -0.483. The van der Waals surface area contributed by atoms with Crippen LogP contribution in [0.3, 0.4) is 0 Å². The average Bonchev–Trinajstić information content (AvgIpc) is 2.40. The van der Waals surface area contributed by atoms with Gasteiger partial charge in [-0.2, -0.15) is 0 Å². The van der Waals surface area contributed by atoms with Crippen molar-refractivity contribution in [1.82, 2.24) is 9.88 Å². The Balaban J connectivity index is 1.95. The van der Waals surface area contributed by atoms with Crippen molar-refractivity contribution in [2.45, 2.75) is 0 Å². The van der Waals surface area contributed by atoms with Crippen molar-refractivity contribution in [2.24, 2.45) is 5.73 Å². The van der Waals surface area contributed by atoms with E-state index < -0.39 is 4.92 Å². The van der Waals surface area contributed by atoms with E-state index in [0.29, 0.717) is 6.54 Å². The van der Waals surface area contributed by atoms with E-state index in [-0.39, 0.29) is 5.82 Å². The molecule has 0 aromatic carbocycles. The van der Waals surface area contributed by atoms with Gasteiger partial charge in [0.1, 0.15) is 0 Å². The van der Waals surface area contributed by atoms with Gasteiger partial charge in [0.05, 0.1) is 5.69 Å². The molecule has 2 rings (SSSR count). The summed E-state index contributed by atoms with van der Waals surface area (Å²) in [6, 6.07) is 3.20. The first-order chi connectivity index (χ1) is 8.70. The molecule has 1 aliphatic rings. The third kappa shape index (κ3) is 2.93. The van der Waals surface area contributed by atoms with Crippen LogP contribution in [0.5, 0.6) is 0 Å². The standard InChI is InChI=1S/C11H17N5O2/c12-3-4-14-5-7-15(8-6-14)10-1-2-11(13-9-10)16(17)18/h1-2,9H,3-8,12H2. The van der Waals surface area contributed by atoms with Crippen molar-refractivity contribution in [1.29, 1.82) is 0 Å². The van der Waals surface area contributed by atoms with Crippen molar-refractivity contribution in [3.63, 3.8) is 0 Å². The summed E-state index contributed by atoms with van der Waals surface area (Å²) in [5.74, 6) is -0.111. The first-order valence-corrected chi connectivity index (χ1v) is 5.98. The van der Waals surface area contributed by atoms with Gasteiger partial charge in [-0.25, -0.2) is 0 Å². The number of hydrogen-bond acceptors (Lipinski definition) is 6. The lowest BCUT2D eigenvalue weighted by molar-refractivity contribution is -0.389. The van der Waals surface area contributed by atoms with Gasteiger partial charge in [0.25, 0.3) is 0 Å². The van der Waals surface area contributed by atoms with Gasteiger partial charge < -0.3 is 20.7 Å². The maximum atomic E-state index is 10.5. The second-order valence-corrected chi connectivity index (χ2v) is 4.25. The predicted octanol–water partition coefficient (Wildman–Crippen LogP) is 0.0705. The Labute approximate surface area is 105 Å². The van der Waals surface area contributed by atoms with Gasteiger partial charge in [-0.1, -0.05) is 0 Å².